The predicted octanol–water partition coefficient (Wildman–Crippen LogP) is 5.89. The fourth-order valence-corrected chi connectivity index (χ4v) is 3.55. The van der Waals surface area contributed by atoms with Gasteiger partial charge in [0.2, 0.25) is 0 Å². The first kappa shape index (κ1) is 16.5. The number of furan rings is 1. The molecule has 26 heavy (non-hydrogen) atoms. The molecule has 0 amide bonds. The smallest absolute Gasteiger partial charge is 0.130 e. The summed E-state index contributed by atoms with van der Waals surface area (Å²) in [6.07, 6.45) is 4.02. The van der Waals surface area contributed by atoms with Crippen LogP contribution in [0.2, 0.25) is 0 Å². The van der Waals surface area contributed by atoms with Gasteiger partial charge in [0.05, 0.1) is 12.4 Å². The van der Waals surface area contributed by atoms with Crippen molar-refractivity contribution in [2.45, 2.75) is 32.0 Å². The van der Waals surface area contributed by atoms with Gasteiger partial charge in [-0.3, -0.25) is 0 Å². The van der Waals surface area contributed by atoms with E-state index < -0.39 is 0 Å². The number of ether oxygens (including phenoxy) is 1. The van der Waals surface area contributed by atoms with E-state index >= 15 is 0 Å². The third-order valence-corrected chi connectivity index (χ3v) is 4.55. The summed E-state index contributed by atoms with van der Waals surface area (Å²) in [6, 6.07) is 24.9. The Morgan fingerprint density at radius 3 is 2.19 bits per heavy atom. The normalized spacial score (nSPS) is 19.7. The molecule has 2 aromatic carbocycles. The molecule has 3 heteroatoms. The van der Waals surface area contributed by atoms with Gasteiger partial charge in [-0.05, 0) is 49.8 Å². The van der Waals surface area contributed by atoms with Gasteiger partial charge in [-0.25, -0.2) is 0 Å². The lowest BCUT2D eigenvalue weighted by molar-refractivity contribution is 0.136. The summed E-state index contributed by atoms with van der Waals surface area (Å²) in [7, 11) is 0. The summed E-state index contributed by atoms with van der Waals surface area (Å²) in [5.41, 5.74) is 2.35. The number of rotatable bonds is 5. The van der Waals surface area contributed by atoms with Crippen LogP contribution in [0.3, 0.4) is 0 Å². The Bertz CT molecular complexity index is 854. The van der Waals surface area contributed by atoms with E-state index in [4.69, 9.17) is 9.15 Å². The molecule has 2 heterocycles. The van der Waals surface area contributed by atoms with Crippen LogP contribution >= 0.6 is 0 Å². The Morgan fingerprint density at radius 1 is 0.885 bits per heavy atom. The molecule has 3 aromatic rings. The highest BCUT2D eigenvalue weighted by Gasteiger charge is 2.39. The summed E-state index contributed by atoms with van der Waals surface area (Å²) < 4.78 is 12.0. The van der Waals surface area contributed by atoms with Crippen molar-refractivity contribution < 1.29 is 9.15 Å². The largest absolute Gasteiger partial charge is 0.493 e. The number of anilines is 1. The molecule has 0 bridgehead atoms. The highest BCUT2D eigenvalue weighted by atomic mass is 16.5. The van der Waals surface area contributed by atoms with E-state index in [0.29, 0.717) is 0 Å². The molecule has 0 radical (unpaired) electrons. The van der Waals surface area contributed by atoms with E-state index in [1.807, 2.05) is 24.3 Å². The summed E-state index contributed by atoms with van der Waals surface area (Å²) in [5.74, 6) is 1.88. The lowest BCUT2D eigenvalue weighted by atomic mass is 10.0. The van der Waals surface area contributed by atoms with Gasteiger partial charge in [0.15, 0.2) is 0 Å². The van der Waals surface area contributed by atoms with Gasteiger partial charge < -0.3 is 14.1 Å². The molecule has 0 unspecified atom stereocenters. The molecule has 0 fully saturated rings. The molecular weight excluding hydrogens is 322 g/mol. The Morgan fingerprint density at radius 2 is 1.58 bits per heavy atom. The maximum absolute atomic E-state index is 6.24. The molecule has 3 nitrogen and oxygen atoms in total. The van der Waals surface area contributed by atoms with Gasteiger partial charge in [-0.2, -0.15) is 0 Å². The summed E-state index contributed by atoms with van der Waals surface area (Å²) in [6.45, 7) is 4.13. The predicted molar refractivity (Wildman–Crippen MR) is 104 cm³/mol. The highest BCUT2D eigenvalue weighted by molar-refractivity contribution is 5.57. The highest BCUT2D eigenvalue weighted by Crippen LogP contribution is 2.46. The monoisotopic (exact) mass is 345 g/mol. The Kier molecular flexibility index (Phi) is 4.53. The van der Waals surface area contributed by atoms with Crippen LogP contribution in [0.5, 0.6) is 0 Å². The molecule has 4 rings (SSSR count). The van der Waals surface area contributed by atoms with Crippen LogP contribution in [0.15, 0.2) is 95.3 Å². The van der Waals surface area contributed by atoms with Crippen LogP contribution in [-0.4, -0.2) is 6.10 Å². The second-order valence-corrected chi connectivity index (χ2v) is 6.75. The first-order valence-electron chi connectivity index (χ1n) is 9.04. The summed E-state index contributed by atoms with van der Waals surface area (Å²) >= 11 is 0. The molecule has 1 aromatic heterocycles. The lowest BCUT2D eigenvalue weighted by Gasteiger charge is -2.33. The number of nitrogens with zero attached hydrogens (tertiary/aromatic N) is 1. The van der Waals surface area contributed by atoms with E-state index in [1.165, 1.54) is 5.56 Å². The molecule has 0 spiro atoms. The van der Waals surface area contributed by atoms with Gasteiger partial charge in [0.25, 0.3) is 0 Å². The van der Waals surface area contributed by atoms with Gasteiger partial charge in [-0.15, -0.1) is 0 Å². The van der Waals surface area contributed by atoms with Crippen LogP contribution in [-0.2, 0) is 4.74 Å². The third-order valence-electron chi connectivity index (χ3n) is 4.55. The molecule has 132 valence electrons. The SMILES string of the molecule is CC(C)OC1=C[C@@H](c2ccco2)N(c2ccccc2)[C@@H]1c1ccccc1. The van der Waals surface area contributed by atoms with E-state index in [0.717, 1.165) is 17.2 Å². The number of hydrogen-bond acceptors (Lipinski definition) is 3. The maximum atomic E-state index is 6.24. The molecule has 1 aliphatic rings. The minimum absolute atomic E-state index is 0.00800. The molecular formula is C23H23NO2. The van der Waals surface area contributed by atoms with Gasteiger partial charge >= 0.3 is 0 Å². The Balaban J connectivity index is 1.84. The second kappa shape index (κ2) is 7.12. The Hall–Kier alpha value is -2.94. The van der Waals surface area contributed by atoms with E-state index in [2.05, 4.69) is 73.4 Å². The van der Waals surface area contributed by atoms with Crippen LogP contribution in [0.25, 0.3) is 0 Å². The summed E-state index contributed by atoms with van der Waals surface area (Å²) in [4.78, 5) is 2.37. The average molecular weight is 345 g/mol. The van der Waals surface area contributed by atoms with E-state index in [9.17, 15) is 0 Å². The molecule has 2 atom stereocenters. The minimum Gasteiger partial charge on any atom is -0.493 e. The summed E-state index contributed by atoms with van der Waals surface area (Å²) in [5, 5.41) is 0. The van der Waals surface area contributed by atoms with Crippen molar-refractivity contribution >= 4 is 5.69 Å². The molecule has 0 aliphatic carbocycles. The van der Waals surface area contributed by atoms with Crippen molar-refractivity contribution in [1.82, 2.24) is 0 Å². The maximum Gasteiger partial charge on any atom is 0.130 e. The Labute approximate surface area is 154 Å². The van der Waals surface area contributed by atoms with Gasteiger partial charge in [0.1, 0.15) is 23.6 Å². The average Bonchev–Trinajstić information content (AvgIpc) is 3.30. The number of hydrogen-bond donors (Lipinski definition) is 0. The fraction of sp³-hybridized carbons (Fsp3) is 0.217. The van der Waals surface area contributed by atoms with E-state index in [1.54, 1.807) is 6.26 Å². The van der Waals surface area contributed by atoms with E-state index in [-0.39, 0.29) is 18.2 Å². The quantitative estimate of drug-likeness (QED) is 0.576. The van der Waals surface area contributed by atoms with Crippen LogP contribution in [0, 0.1) is 0 Å². The molecule has 0 N–H and O–H groups in total. The first-order valence-corrected chi connectivity index (χ1v) is 9.04. The van der Waals surface area contributed by atoms with Crippen molar-refractivity contribution in [3.63, 3.8) is 0 Å². The van der Waals surface area contributed by atoms with Gasteiger partial charge in [-0.1, -0.05) is 48.5 Å². The zero-order valence-corrected chi connectivity index (χ0v) is 15.1. The lowest BCUT2D eigenvalue weighted by Crippen LogP contribution is -2.28. The van der Waals surface area contributed by atoms with Crippen molar-refractivity contribution in [2.24, 2.45) is 0 Å². The third kappa shape index (κ3) is 3.13. The van der Waals surface area contributed by atoms with Crippen LogP contribution in [0.4, 0.5) is 5.69 Å². The fourth-order valence-electron chi connectivity index (χ4n) is 3.55. The second-order valence-electron chi connectivity index (χ2n) is 6.75. The van der Waals surface area contributed by atoms with Crippen molar-refractivity contribution in [2.75, 3.05) is 4.90 Å². The van der Waals surface area contributed by atoms with Gasteiger partial charge in [0, 0.05) is 5.69 Å². The first-order chi connectivity index (χ1) is 12.7. The van der Waals surface area contributed by atoms with Crippen molar-refractivity contribution in [1.29, 1.82) is 0 Å². The van der Waals surface area contributed by atoms with Crippen molar-refractivity contribution in [3.05, 3.63) is 102 Å². The number of benzene rings is 2. The topological polar surface area (TPSA) is 25.6 Å². The van der Waals surface area contributed by atoms with Crippen LogP contribution < -0.4 is 4.90 Å². The molecule has 0 saturated heterocycles. The molecule has 0 saturated carbocycles. The van der Waals surface area contributed by atoms with Crippen molar-refractivity contribution in [3.8, 4) is 0 Å². The standard InChI is InChI=1S/C23H23NO2/c1-17(2)26-22-16-20(21-14-9-15-25-21)24(19-12-7-4-8-13-19)23(22)18-10-5-3-6-11-18/h3-17,20,23H,1-2H3/t20-,23+/m0/s1. The molecule has 1 aliphatic heterocycles. The minimum atomic E-state index is -0.00800. The van der Waals surface area contributed by atoms with Crippen LogP contribution in [0.1, 0.15) is 37.3 Å². The zero-order chi connectivity index (χ0) is 17.9. The zero-order valence-electron chi connectivity index (χ0n) is 15.1. The number of para-hydroxylation sites is 1.